The Balaban J connectivity index is 2.24. The molecule has 0 fully saturated rings. The molecule has 1 heterocycles. The largest absolute Gasteiger partial charge is 0.384 e. The van der Waals surface area contributed by atoms with Gasteiger partial charge < -0.3 is 5.11 Å². The maximum atomic E-state index is 10.3. The molecule has 18 heavy (non-hydrogen) atoms. The van der Waals surface area contributed by atoms with E-state index in [0.29, 0.717) is 0 Å². The van der Waals surface area contributed by atoms with E-state index in [2.05, 4.69) is 39.8 Å². The number of thiophene rings is 1. The topological polar surface area (TPSA) is 20.2 Å². The van der Waals surface area contributed by atoms with E-state index >= 15 is 0 Å². The summed E-state index contributed by atoms with van der Waals surface area (Å²) in [6, 6.07) is 10.3. The van der Waals surface area contributed by atoms with Gasteiger partial charge in [-0.2, -0.15) is 0 Å². The molecule has 0 spiro atoms. The van der Waals surface area contributed by atoms with E-state index < -0.39 is 6.10 Å². The molecule has 1 nitrogen and oxygen atoms in total. The van der Waals surface area contributed by atoms with Crippen LogP contribution in [0.25, 0.3) is 0 Å². The van der Waals surface area contributed by atoms with E-state index in [9.17, 15) is 5.11 Å². The van der Waals surface area contributed by atoms with Crippen molar-refractivity contribution in [3.8, 4) is 0 Å². The zero-order valence-electron chi connectivity index (χ0n) is 11.4. The van der Waals surface area contributed by atoms with Crippen LogP contribution in [-0.2, 0) is 5.41 Å². The van der Waals surface area contributed by atoms with Crippen LogP contribution in [-0.4, -0.2) is 5.11 Å². The van der Waals surface area contributed by atoms with Crippen molar-refractivity contribution in [2.45, 2.75) is 39.2 Å². The summed E-state index contributed by atoms with van der Waals surface area (Å²) in [6.45, 7) is 8.64. The Bertz CT molecular complexity index is 517. The van der Waals surface area contributed by atoms with Gasteiger partial charge in [0.05, 0.1) is 0 Å². The Morgan fingerprint density at radius 2 is 1.67 bits per heavy atom. The quantitative estimate of drug-likeness (QED) is 0.846. The highest BCUT2D eigenvalue weighted by Crippen LogP contribution is 2.28. The molecule has 0 aliphatic carbocycles. The van der Waals surface area contributed by atoms with Crippen LogP contribution in [0.4, 0.5) is 0 Å². The minimum Gasteiger partial charge on any atom is -0.384 e. The fourth-order valence-electron chi connectivity index (χ4n) is 1.96. The monoisotopic (exact) mass is 260 g/mol. The van der Waals surface area contributed by atoms with Crippen LogP contribution in [0.5, 0.6) is 0 Å². The van der Waals surface area contributed by atoms with Crippen LogP contribution in [0.1, 0.15) is 48.4 Å². The molecule has 1 aromatic carbocycles. The zero-order valence-corrected chi connectivity index (χ0v) is 12.2. The van der Waals surface area contributed by atoms with E-state index in [1.807, 2.05) is 23.6 Å². The van der Waals surface area contributed by atoms with Gasteiger partial charge in [0.25, 0.3) is 0 Å². The number of aliphatic hydroxyl groups is 1. The molecule has 2 rings (SSSR count). The van der Waals surface area contributed by atoms with Gasteiger partial charge in [0.1, 0.15) is 6.10 Å². The van der Waals surface area contributed by atoms with Crippen molar-refractivity contribution in [1.82, 2.24) is 0 Å². The maximum Gasteiger partial charge on any atom is 0.105 e. The smallest absolute Gasteiger partial charge is 0.105 e. The van der Waals surface area contributed by atoms with Gasteiger partial charge in [0.2, 0.25) is 0 Å². The normalized spacial score (nSPS) is 13.6. The third-order valence-corrected chi connectivity index (χ3v) is 4.04. The lowest BCUT2D eigenvalue weighted by atomic mass is 9.86. The number of benzene rings is 1. The first-order valence-corrected chi connectivity index (χ1v) is 7.09. The summed E-state index contributed by atoms with van der Waals surface area (Å²) < 4.78 is 0. The molecule has 0 saturated carbocycles. The molecule has 1 unspecified atom stereocenters. The fraction of sp³-hybridized carbons (Fsp3) is 0.375. The Labute approximate surface area is 113 Å². The minimum absolute atomic E-state index is 0.155. The van der Waals surface area contributed by atoms with E-state index in [0.717, 1.165) is 11.1 Å². The summed E-state index contributed by atoms with van der Waals surface area (Å²) in [5.41, 5.74) is 3.39. The highest BCUT2D eigenvalue weighted by atomic mass is 32.1. The summed E-state index contributed by atoms with van der Waals surface area (Å²) in [7, 11) is 0. The second kappa shape index (κ2) is 4.87. The van der Waals surface area contributed by atoms with Crippen molar-refractivity contribution in [2.75, 3.05) is 0 Å². The van der Waals surface area contributed by atoms with Crippen molar-refractivity contribution >= 4 is 11.3 Å². The summed E-state index contributed by atoms with van der Waals surface area (Å²) in [5.74, 6) is 0. The Kier molecular flexibility index (Phi) is 3.60. The SMILES string of the molecule is Cc1cc(C(O)c2ccc(C(C)(C)C)cc2)cs1. The van der Waals surface area contributed by atoms with Gasteiger partial charge in [-0.05, 0) is 40.5 Å². The van der Waals surface area contributed by atoms with E-state index in [1.165, 1.54) is 10.4 Å². The number of aryl methyl sites for hydroxylation is 1. The third kappa shape index (κ3) is 2.82. The van der Waals surface area contributed by atoms with Crippen molar-refractivity contribution < 1.29 is 5.11 Å². The second-order valence-electron chi connectivity index (χ2n) is 5.77. The molecule has 1 aromatic heterocycles. The molecule has 0 amide bonds. The molecule has 0 bridgehead atoms. The minimum atomic E-state index is -0.510. The van der Waals surface area contributed by atoms with Crippen molar-refractivity contribution in [2.24, 2.45) is 0 Å². The van der Waals surface area contributed by atoms with Crippen LogP contribution in [0.2, 0.25) is 0 Å². The van der Waals surface area contributed by atoms with Crippen LogP contribution >= 0.6 is 11.3 Å². The number of aliphatic hydroxyl groups excluding tert-OH is 1. The lowest BCUT2D eigenvalue weighted by Gasteiger charge is -2.20. The maximum absolute atomic E-state index is 10.3. The second-order valence-corrected chi connectivity index (χ2v) is 6.88. The number of hydrogen-bond acceptors (Lipinski definition) is 2. The summed E-state index contributed by atoms with van der Waals surface area (Å²) in [6.07, 6.45) is -0.510. The van der Waals surface area contributed by atoms with Crippen LogP contribution in [0.3, 0.4) is 0 Å². The van der Waals surface area contributed by atoms with E-state index in [1.54, 1.807) is 11.3 Å². The predicted molar refractivity (Wildman–Crippen MR) is 78.3 cm³/mol. The molecule has 96 valence electrons. The standard InChI is InChI=1S/C16H20OS/c1-11-9-13(10-18-11)15(17)12-5-7-14(8-6-12)16(2,3)4/h5-10,15,17H,1-4H3. The first kappa shape index (κ1) is 13.3. The Morgan fingerprint density at radius 1 is 1.06 bits per heavy atom. The molecular formula is C16H20OS. The highest BCUT2D eigenvalue weighted by molar-refractivity contribution is 7.10. The first-order valence-electron chi connectivity index (χ1n) is 6.21. The third-order valence-electron chi connectivity index (χ3n) is 3.16. The highest BCUT2D eigenvalue weighted by Gasteiger charge is 2.15. The summed E-state index contributed by atoms with van der Waals surface area (Å²) in [4.78, 5) is 1.23. The first-order chi connectivity index (χ1) is 8.38. The fourth-order valence-corrected chi connectivity index (χ4v) is 2.69. The molecular weight excluding hydrogens is 240 g/mol. The Morgan fingerprint density at radius 3 is 2.11 bits per heavy atom. The van der Waals surface area contributed by atoms with Gasteiger partial charge in [0.15, 0.2) is 0 Å². The van der Waals surface area contributed by atoms with E-state index in [-0.39, 0.29) is 5.41 Å². The lowest BCUT2D eigenvalue weighted by molar-refractivity contribution is 0.220. The van der Waals surface area contributed by atoms with Gasteiger partial charge >= 0.3 is 0 Å². The molecule has 1 atom stereocenters. The molecule has 0 saturated heterocycles. The lowest BCUT2D eigenvalue weighted by Crippen LogP contribution is -2.11. The summed E-state index contributed by atoms with van der Waals surface area (Å²) >= 11 is 1.67. The molecule has 2 aromatic rings. The van der Waals surface area contributed by atoms with Gasteiger partial charge in [-0.25, -0.2) is 0 Å². The number of rotatable bonds is 2. The predicted octanol–water partition coefficient (Wildman–Crippen LogP) is 4.44. The van der Waals surface area contributed by atoms with Gasteiger partial charge in [0, 0.05) is 4.88 Å². The van der Waals surface area contributed by atoms with Crippen LogP contribution in [0, 0.1) is 6.92 Å². The van der Waals surface area contributed by atoms with Crippen LogP contribution < -0.4 is 0 Å². The molecule has 0 aliphatic rings. The Hall–Kier alpha value is -1.12. The number of hydrogen-bond donors (Lipinski definition) is 1. The summed E-state index contributed by atoms with van der Waals surface area (Å²) in [5, 5.41) is 12.3. The van der Waals surface area contributed by atoms with Gasteiger partial charge in [-0.1, -0.05) is 45.0 Å². The average Bonchev–Trinajstić information content (AvgIpc) is 2.74. The van der Waals surface area contributed by atoms with Gasteiger partial charge in [-0.3, -0.25) is 0 Å². The van der Waals surface area contributed by atoms with E-state index in [4.69, 9.17) is 0 Å². The molecule has 2 heteroatoms. The van der Waals surface area contributed by atoms with Crippen molar-refractivity contribution in [1.29, 1.82) is 0 Å². The van der Waals surface area contributed by atoms with Crippen molar-refractivity contribution in [3.05, 3.63) is 57.3 Å². The average molecular weight is 260 g/mol. The van der Waals surface area contributed by atoms with Gasteiger partial charge in [-0.15, -0.1) is 11.3 Å². The van der Waals surface area contributed by atoms with Crippen molar-refractivity contribution in [3.63, 3.8) is 0 Å². The zero-order chi connectivity index (χ0) is 13.3. The molecule has 1 N–H and O–H groups in total. The molecule has 0 radical (unpaired) electrons. The van der Waals surface area contributed by atoms with Crippen LogP contribution in [0.15, 0.2) is 35.7 Å². The molecule has 0 aliphatic heterocycles.